The summed E-state index contributed by atoms with van der Waals surface area (Å²) in [7, 11) is 3.81. The summed E-state index contributed by atoms with van der Waals surface area (Å²) in [5.41, 5.74) is 5.58. The zero-order chi connectivity index (χ0) is 31.4. The van der Waals surface area contributed by atoms with Gasteiger partial charge in [-0.3, -0.25) is 0 Å². The number of ether oxygens (including phenoxy) is 2. The van der Waals surface area contributed by atoms with Gasteiger partial charge in [0.2, 0.25) is 0 Å². The maximum Gasteiger partial charge on any atom is 0.196 e. The molecule has 2 aromatic carbocycles. The summed E-state index contributed by atoms with van der Waals surface area (Å²) in [6.45, 7) is 15.2. The molecule has 2 heterocycles. The lowest BCUT2D eigenvalue weighted by Crippen LogP contribution is -2.37. The van der Waals surface area contributed by atoms with Gasteiger partial charge in [-0.05, 0) is 49.6 Å². The first-order chi connectivity index (χ1) is 21.6. The molecule has 10 heteroatoms. The van der Waals surface area contributed by atoms with E-state index in [1.165, 1.54) is 42.6 Å². The highest BCUT2D eigenvalue weighted by Crippen LogP contribution is 2.31. The average molecular weight is 609 g/mol. The van der Waals surface area contributed by atoms with Crippen molar-refractivity contribution in [3.8, 4) is 0 Å². The number of nitrogens with zero attached hydrogens (tertiary/aromatic N) is 4. The minimum atomic E-state index is 0.782. The molecule has 0 aliphatic carbocycles. The van der Waals surface area contributed by atoms with Crippen LogP contribution in [0.4, 0.5) is 22.7 Å². The zero-order valence-electron chi connectivity index (χ0n) is 27.8. The van der Waals surface area contributed by atoms with Crippen LogP contribution in [-0.4, -0.2) is 91.7 Å². The molecule has 2 fully saturated rings. The van der Waals surface area contributed by atoms with Gasteiger partial charge in [-0.25, -0.2) is 9.98 Å². The minimum absolute atomic E-state index is 0.782. The third-order valence-electron chi connectivity index (χ3n) is 7.55. The summed E-state index contributed by atoms with van der Waals surface area (Å²) < 4.78 is 10.9. The van der Waals surface area contributed by atoms with Crippen LogP contribution in [-0.2, 0) is 9.47 Å². The number of hydrogen-bond donors (Lipinski definition) is 4. The van der Waals surface area contributed by atoms with Gasteiger partial charge in [-0.1, -0.05) is 51.3 Å². The highest BCUT2D eigenvalue weighted by Gasteiger charge is 2.16. The minimum Gasteiger partial charge on any atom is -0.378 e. The molecule has 0 amide bonds. The number of anilines is 2. The number of hydrogen-bond acceptors (Lipinski definition) is 6. The Hall–Kier alpha value is -3.50. The third-order valence-corrected chi connectivity index (χ3v) is 7.55. The van der Waals surface area contributed by atoms with E-state index in [0.717, 1.165) is 95.4 Å². The van der Waals surface area contributed by atoms with Crippen molar-refractivity contribution in [2.24, 2.45) is 9.98 Å². The first-order valence-corrected chi connectivity index (χ1v) is 16.4. The lowest BCUT2D eigenvalue weighted by atomic mass is 10.1. The Labute approximate surface area is 265 Å². The molecule has 0 spiro atoms. The summed E-state index contributed by atoms with van der Waals surface area (Å²) in [4.78, 5) is 14.2. The van der Waals surface area contributed by atoms with Gasteiger partial charge in [0.25, 0.3) is 0 Å². The smallest absolute Gasteiger partial charge is 0.196 e. The molecule has 0 radical (unpaired) electrons. The molecule has 2 aliphatic heterocycles. The Kier molecular flexibility index (Phi) is 16.3. The predicted molar refractivity (Wildman–Crippen MR) is 186 cm³/mol. The lowest BCUT2D eigenvalue weighted by Gasteiger charge is -2.30. The van der Waals surface area contributed by atoms with E-state index in [1.54, 1.807) is 0 Å². The summed E-state index contributed by atoms with van der Waals surface area (Å²) in [6.07, 6.45) is 5.96. The van der Waals surface area contributed by atoms with Gasteiger partial charge in [0.05, 0.1) is 49.2 Å². The molecule has 4 N–H and O–H groups in total. The van der Waals surface area contributed by atoms with Crippen molar-refractivity contribution in [2.45, 2.75) is 52.9 Å². The van der Waals surface area contributed by atoms with E-state index in [0.29, 0.717) is 0 Å². The van der Waals surface area contributed by atoms with Gasteiger partial charge in [0.15, 0.2) is 11.9 Å². The fraction of sp³-hybridized carbons (Fsp3) is 0.588. The average Bonchev–Trinajstić information content (AvgIpc) is 3.07. The standard InChI is InChI=1S/2C17H28N4O/c1-4-5-8-19-17(18-3)20-15-13-14(2)6-7-16(15)21-9-11-22-12-10-21;1-3-4-7-10-19-17(18-2)20-15-8-5-6-9-16(15)21-11-13-22-14-12-21/h6-7,13H,4-5,8-12H2,1-3H3,(H2,18,19,20);5-6,8-9H,3-4,7,10-14H2,1-2H3,(H2,18,19,20). The topological polar surface area (TPSA) is 97.8 Å². The van der Waals surface area contributed by atoms with E-state index in [9.17, 15) is 0 Å². The number of para-hydroxylation sites is 2. The molecule has 10 nitrogen and oxygen atoms in total. The second-order valence-corrected chi connectivity index (χ2v) is 11.0. The molecule has 2 aromatic rings. The van der Waals surface area contributed by atoms with Crippen LogP contribution in [0.25, 0.3) is 0 Å². The first kappa shape index (κ1) is 35.0. The van der Waals surface area contributed by atoms with Crippen LogP contribution >= 0.6 is 0 Å². The highest BCUT2D eigenvalue weighted by molar-refractivity contribution is 5.86. The van der Waals surface area contributed by atoms with Crippen molar-refractivity contribution in [1.82, 2.24) is 21.3 Å². The molecule has 0 unspecified atom stereocenters. The molecule has 2 aliphatic rings. The first-order valence-electron chi connectivity index (χ1n) is 16.4. The highest BCUT2D eigenvalue weighted by atomic mass is 16.5. The van der Waals surface area contributed by atoms with E-state index in [1.807, 2.05) is 20.2 Å². The van der Waals surface area contributed by atoms with Crippen molar-refractivity contribution in [3.05, 3.63) is 48.0 Å². The Balaban J connectivity index is 0.000000240. The molecular weight excluding hydrogens is 552 g/mol. The number of guanidine groups is 2. The third kappa shape index (κ3) is 11.9. The van der Waals surface area contributed by atoms with Gasteiger partial charge in [-0.2, -0.15) is 0 Å². The molecule has 4 rings (SSSR count). The van der Waals surface area contributed by atoms with Crippen LogP contribution in [0.15, 0.2) is 52.4 Å². The van der Waals surface area contributed by atoms with Crippen molar-refractivity contribution in [3.63, 3.8) is 0 Å². The molecule has 0 aromatic heterocycles. The molecule has 0 atom stereocenters. The normalized spacial score (nSPS) is 15.8. The molecule has 0 bridgehead atoms. The number of aryl methyl sites for hydroxylation is 1. The van der Waals surface area contributed by atoms with Crippen LogP contribution in [0.5, 0.6) is 0 Å². The van der Waals surface area contributed by atoms with Crippen LogP contribution in [0.3, 0.4) is 0 Å². The molecule has 0 saturated carbocycles. The monoisotopic (exact) mass is 608 g/mol. The molecule has 44 heavy (non-hydrogen) atoms. The molecular formula is C34H56N8O2. The van der Waals surface area contributed by atoms with E-state index in [4.69, 9.17) is 19.5 Å². The Morgan fingerprint density at radius 2 is 1.20 bits per heavy atom. The van der Waals surface area contributed by atoms with Gasteiger partial charge >= 0.3 is 0 Å². The summed E-state index contributed by atoms with van der Waals surface area (Å²) in [5.74, 6) is 1.66. The Bertz CT molecular complexity index is 1140. The maximum atomic E-state index is 5.45. The van der Waals surface area contributed by atoms with E-state index < -0.39 is 0 Å². The molecule has 2 saturated heterocycles. The number of aliphatic imine (C=N–C) groups is 2. The molecule has 244 valence electrons. The van der Waals surface area contributed by atoms with Gasteiger partial charge in [0.1, 0.15) is 0 Å². The van der Waals surface area contributed by atoms with Gasteiger partial charge in [0, 0.05) is 53.4 Å². The SMILES string of the molecule is CCCCCN/C(=N/c1ccccc1N1CCOCC1)NC.CCCCN/C(=N\c1cc(C)ccc1N1CCOCC1)NC. The summed E-state index contributed by atoms with van der Waals surface area (Å²) in [6, 6.07) is 14.8. The fourth-order valence-corrected chi connectivity index (χ4v) is 5.00. The zero-order valence-corrected chi connectivity index (χ0v) is 27.8. The lowest BCUT2D eigenvalue weighted by molar-refractivity contribution is 0.122. The number of rotatable bonds is 11. The number of nitrogens with one attached hydrogen (secondary N) is 4. The maximum absolute atomic E-state index is 5.45. The van der Waals surface area contributed by atoms with Gasteiger partial charge in [-0.15, -0.1) is 0 Å². The number of morpholine rings is 2. The summed E-state index contributed by atoms with van der Waals surface area (Å²) in [5, 5.41) is 13.1. The second kappa shape index (κ2) is 20.5. The van der Waals surface area contributed by atoms with Crippen molar-refractivity contribution in [1.29, 1.82) is 0 Å². The van der Waals surface area contributed by atoms with Gasteiger partial charge < -0.3 is 40.5 Å². The van der Waals surface area contributed by atoms with Crippen molar-refractivity contribution >= 4 is 34.7 Å². The fourth-order valence-electron chi connectivity index (χ4n) is 5.00. The van der Waals surface area contributed by atoms with Crippen molar-refractivity contribution in [2.75, 3.05) is 89.6 Å². The van der Waals surface area contributed by atoms with Crippen LogP contribution < -0.4 is 31.1 Å². The Morgan fingerprint density at radius 3 is 1.77 bits per heavy atom. The van der Waals surface area contributed by atoms with Crippen LogP contribution in [0.2, 0.25) is 0 Å². The number of benzene rings is 2. The van der Waals surface area contributed by atoms with Crippen LogP contribution in [0.1, 0.15) is 51.5 Å². The summed E-state index contributed by atoms with van der Waals surface area (Å²) >= 11 is 0. The second-order valence-electron chi connectivity index (χ2n) is 11.0. The predicted octanol–water partition coefficient (Wildman–Crippen LogP) is 4.94. The van der Waals surface area contributed by atoms with E-state index in [-0.39, 0.29) is 0 Å². The van der Waals surface area contributed by atoms with Crippen LogP contribution in [0, 0.1) is 6.92 Å². The number of unbranched alkanes of at least 4 members (excludes halogenated alkanes) is 3. The Morgan fingerprint density at radius 1 is 0.682 bits per heavy atom. The van der Waals surface area contributed by atoms with E-state index in [2.05, 4.69) is 88.2 Å². The van der Waals surface area contributed by atoms with Crippen molar-refractivity contribution < 1.29 is 9.47 Å². The largest absolute Gasteiger partial charge is 0.378 e. The quantitative estimate of drug-likeness (QED) is 0.162. The van der Waals surface area contributed by atoms with E-state index >= 15 is 0 Å².